The van der Waals surface area contributed by atoms with Crippen LogP contribution in [0.4, 0.5) is 0 Å². The molecule has 2 aromatic rings. The monoisotopic (exact) mass is 442 g/mol. The van der Waals surface area contributed by atoms with Crippen LogP contribution in [0.3, 0.4) is 0 Å². The third-order valence-corrected chi connectivity index (χ3v) is 6.33. The molecule has 3 rings (SSSR count). The average molecular weight is 443 g/mol. The van der Waals surface area contributed by atoms with Gasteiger partial charge < -0.3 is 15.0 Å². The van der Waals surface area contributed by atoms with Gasteiger partial charge in [0.25, 0.3) is 0 Å². The minimum absolute atomic E-state index is 0.0445. The number of carbonyl (C=O) groups is 2. The van der Waals surface area contributed by atoms with Crippen molar-refractivity contribution in [3.05, 3.63) is 70.7 Å². The third kappa shape index (κ3) is 6.08. The van der Waals surface area contributed by atoms with E-state index in [4.69, 9.17) is 16.3 Å². The number of hydrogen-bond donors (Lipinski definition) is 1. The van der Waals surface area contributed by atoms with Crippen molar-refractivity contribution in [3.8, 4) is 0 Å². The molecule has 1 heterocycles. The Kier molecular flexibility index (Phi) is 8.50. The third-order valence-electron chi connectivity index (χ3n) is 6.08. The van der Waals surface area contributed by atoms with Gasteiger partial charge in [0.05, 0.1) is 5.41 Å². The number of rotatable bonds is 9. The lowest BCUT2D eigenvalue weighted by molar-refractivity contribution is -0.136. The molecule has 0 radical (unpaired) electrons. The normalized spacial score (nSPS) is 15.5. The van der Waals surface area contributed by atoms with E-state index in [-0.39, 0.29) is 11.8 Å². The van der Waals surface area contributed by atoms with Crippen LogP contribution < -0.4 is 5.32 Å². The van der Waals surface area contributed by atoms with Crippen molar-refractivity contribution in [1.82, 2.24) is 10.2 Å². The molecule has 2 amide bonds. The lowest BCUT2D eigenvalue weighted by Gasteiger charge is -2.41. The summed E-state index contributed by atoms with van der Waals surface area (Å²) in [5, 5.41) is 3.79. The van der Waals surface area contributed by atoms with E-state index in [2.05, 4.69) is 5.32 Å². The van der Waals surface area contributed by atoms with Crippen molar-refractivity contribution >= 4 is 23.4 Å². The minimum atomic E-state index is -0.596. The summed E-state index contributed by atoms with van der Waals surface area (Å²) in [7, 11) is 1.66. The van der Waals surface area contributed by atoms with Gasteiger partial charge in [0.1, 0.15) is 0 Å². The summed E-state index contributed by atoms with van der Waals surface area (Å²) in [6.45, 7) is 2.37. The molecule has 1 fully saturated rings. The molecule has 1 saturated heterocycles. The number of hydrogen-bond acceptors (Lipinski definition) is 3. The number of amides is 2. The molecule has 6 heteroatoms. The second-order valence-electron chi connectivity index (χ2n) is 8.06. The number of carbonyl (C=O) groups excluding carboxylic acids is 2. The minimum Gasteiger partial charge on any atom is -0.385 e. The van der Waals surface area contributed by atoms with Crippen molar-refractivity contribution in [2.24, 2.45) is 0 Å². The molecular formula is C25H31ClN2O3. The van der Waals surface area contributed by atoms with Gasteiger partial charge in [-0.2, -0.15) is 0 Å². The summed E-state index contributed by atoms with van der Waals surface area (Å²) in [5.74, 6) is 0.181. The first-order valence-corrected chi connectivity index (χ1v) is 11.3. The van der Waals surface area contributed by atoms with Crippen LogP contribution in [0, 0.1) is 0 Å². The Morgan fingerprint density at radius 2 is 1.74 bits per heavy atom. The van der Waals surface area contributed by atoms with Crippen molar-refractivity contribution < 1.29 is 14.3 Å². The van der Waals surface area contributed by atoms with Crippen LogP contribution in [0.5, 0.6) is 0 Å². The number of nitrogens with zero attached hydrogens (tertiary/aromatic N) is 1. The molecule has 5 nitrogen and oxygen atoms in total. The predicted octanol–water partition coefficient (Wildman–Crippen LogP) is 3.99. The number of likely N-dealkylation sites (tertiary alicyclic amines) is 1. The maximum atomic E-state index is 13.2. The van der Waals surface area contributed by atoms with Crippen LogP contribution in [-0.4, -0.2) is 50.1 Å². The van der Waals surface area contributed by atoms with Gasteiger partial charge in [0, 0.05) is 44.8 Å². The summed E-state index contributed by atoms with van der Waals surface area (Å²) in [5.41, 5.74) is 1.53. The van der Waals surface area contributed by atoms with E-state index in [0.717, 1.165) is 17.5 Å². The highest BCUT2D eigenvalue weighted by Gasteiger charge is 2.43. The van der Waals surface area contributed by atoms with Crippen LogP contribution in [-0.2, 0) is 26.2 Å². The molecule has 166 valence electrons. The highest BCUT2D eigenvalue weighted by molar-refractivity contribution is 6.30. The van der Waals surface area contributed by atoms with Gasteiger partial charge in [0.2, 0.25) is 11.8 Å². The van der Waals surface area contributed by atoms with E-state index in [1.54, 1.807) is 7.11 Å². The largest absolute Gasteiger partial charge is 0.385 e. The first-order valence-electron chi connectivity index (χ1n) is 10.9. The van der Waals surface area contributed by atoms with Crippen LogP contribution in [0.1, 0.15) is 36.8 Å². The smallest absolute Gasteiger partial charge is 0.230 e. The molecule has 0 saturated carbocycles. The van der Waals surface area contributed by atoms with Crippen molar-refractivity contribution in [2.45, 2.75) is 37.5 Å². The SMILES string of the molecule is COCCCNC(=O)C1(c2ccccc2)CCN(C(=O)CCc2ccc(Cl)cc2)CC1. The number of aryl methyl sites for hydroxylation is 1. The lowest BCUT2D eigenvalue weighted by atomic mass is 9.72. The van der Waals surface area contributed by atoms with E-state index in [0.29, 0.717) is 56.9 Å². The maximum Gasteiger partial charge on any atom is 0.230 e. The number of piperidine rings is 1. The Morgan fingerprint density at radius 1 is 1.06 bits per heavy atom. The second-order valence-corrected chi connectivity index (χ2v) is 8.49. The van der Waals surface area contributed by atoms with Gasteiger partial charge >= 0.3 is 0 Å². The zero-order chi connectivity index (χ0) is 22.1. The first-order chi connectivity index (χ1) is 15.0. The molecule has 1 aliphatic heterocycles. The van der Waals surface area contributed by atoms with Crippen LogP contribution >= 0.6 is 11.6 Å². The number of benzene rings is 2. The average Bonchev–Trinajstić information content (AvgIpc) is 2.81. The molecule has 2 aromatic carbocycles. The van der Waals surface area contributed by atoms with E-state index < -0.39 is 5.41 Å². The van der Waals surface area contributed by atoms with Crippen molar-refractivity contribution in [2.75, 3.05) is 33.4 Å². The van der Waals surface area contributed by atoms with E-state index in [1.807, 2.05) is 59.5 Å². The Balaban J connectivity index is 1.61. The molecule has 1 N–H and O–H groups in total. The second kappa shape index (κ2) is 11.3. The maximum absolute atomic E-state index is 13.2. The summed E-state index contributed by atoms with van der Waals surface area (Å²) in [6, 6.07) is 17.6. The fourth-order valence-electron chi connectivity index (χ4n) is 4.19. The highest BCUT2D eigenvalue weighted by atomic mass is 35.5. The standard InChI is InChI=1S/C25H31ClN2O3/c1-31-19-5-16-27-24(30)25(21-6-3-2-4-7-21)14-17-28(18-15-25)23(29)13-10-20-8-11-22(26)12-9-20/h2-4,6-9,11-12H,5,10,13-19H2,1H3,(H,27,30). The Morgan fingerprint density at radius 3 is 2.39 bits per heavy atom. The molecular weight excluding hydrogens is 412 g/mol. The molecule has 0 atom stereocenters. The van der Waals surface area contributed by atoms with E-state index in [9.17, 15) is 9.59 Å². The predicted molar refractivity (Wildman–Crippen MR) is 123 cm³/mol. The Bertz CT molecular complexity index is 847. The number of nitrogens with one attached hydrogen (secondary N) is 1. The zero-order valence-electron chi connectivity index (χ0n) is 18.1. The van der Waals surface area contributed by atoms with Crippen LogP contribution in [0.15, 0.2) is 54.6 Å². The fourth-order valence-corrected chi connectivity index (χ4v) is 4.32. The zero-order valence-corrected chi connectivity index (χ0v) is 18.9. The summed E-state index contributed by atoms with van der Waals surface area (Å²) >= 11 is 5.93. The van der Waals surface area contributed by atoms with Crippen molar-refractivity contribution in [1.29, 1.82) is 0 Å². The summed E-state index contributed by atoms with van der Waals surface area (Å²) < 4.78 is 5.08. The molecule has 0 aliphatic carbocycles. The number of halogens is 1. The fraction of sp³-hybridized carbons (Fsp3) is 0.440. The highest BCUT2D eigenvalue weighted by Crippen LogP contribution is 2.36. The quantitative estimate of drug-likeness (QED) is 0.597. The van der Waals surface area contributed by atoms with Gasteiger partial charge in [-0.05, 0) is 48.9 Å². The number of ether oxygens (including phenoxy) is 1. The lowest BCUT2D eigenvalue weighted by Crippen LogP contribution is -2.53. The van der Waals surface area contributed by atoms with E-state index >= 15 is 0 Å². The topological polar surface area (TPSA) is 58.6 Å². The summed E-state index contributed by atoms with van der Waals surface area (Å²) in [4.78, 5) is 27.9. The first kappa shape index (κ1) is 23.3. The molecule has 1 aliphatic rings. The van der Waals surface area contributed by atoms with Crippen LogP contribution in [0.2, 0.25) is 5.02 Å². The Labute approximate surface area is 189 Å². The molecule has 0 bridgehead atoms. The summed E-state index contributed by atoms with van der Waals surface area (Å²) in [6.07, 6.45) is 3.18. The van der Waals surface area contributed by atoms with Crippen molar-refractivity contribution in [3.63, 3.8) is 0 Å². The van der Waals surface area contributed by atoms with Gasteiger partial charge in [-0.25, -0.2) is 0 Å². The number of methoxy groups -OCH3 is 1. The van der Waals surface area contributed by atoms with Gasteiger partial charge in [0.15, 0.2) is 0 Å². The molecule has 0 spiro atoms. The van der Waals surface area contributed by atoms with Gasteiger partial charge in [-0.15, -0.1) is 0 Å². The van der Waals surface area contributed by atoms with Gasteiger partial charge in [-0.3, -0.25) is 9.59 Å². The molecule has 31 heavy (non-hydrogen) atoms. The molecule has 0 unspecified atom stereocenters. The van der Waals surface area contributed by atoms with Gasteiger partial charge in [-0.1, -0.05) is 54.1 Å². The molecule has 0 aromatic heterocycles. The van der Waals surface area contributed by atoms with E-state index in [1.165, 1.54) is 0 Å². The Hall–Kier alpha value is -2.37. The van der Waals surface area contributed by atoms with Crippen LogP contribution in [0.25, 0.3) is 0 Å².